The standard InChI is InChI=1S/C6H14FNO/c1-6(5-9-2)8-4-3-7/h6,8H,3-5H2,1-2H3. The van der Waals surface area contributed by atoms with E-state index in [1.165, 1.54) is 0 Å². The molecule has 0 aromatic carbocycles. The third kappa shape index (κ3) is 5.73. The molecule has 0 aromatic rings. The molecule has 0 aliphatic carbocycles. The molecular weight excluding hydrogens is 121 g/mol. The molecular formula is C6H14FNO. The fourth-order valence-electron chi connectivity index (χ4n) is 0.610. The van der Waals surface area contributed by atoms with E-state index in [2.05, 4.69) is 5.32 Å². The molecule has 0 saturated heterocycles. The molecule has 0 saturated carbocycles. The fraction of sp³-hybridized carbons (Fsp3) is 1.00. The summed E-state index contributed by atoms with van der Waals surface area (Å²) < 4.78 is 16.3. The maximum atomic E-state index is 11.5. The molecule has 0 radical (unpaired) electrons. The van der Waals surface area contributed by atoms with Gasteiger partial charge in [-0.05, 0) is 6.92 Å². The van der Waals surface area contributed by atoms with Crippen LogP contribution in [-0.4, -0.2) is 33.0 Å². The van der Waals surface area contributed by atoms with Gasteiger partial charge in [0.1, 0.15) is 6.67 Å². The van der Waals surface area contributed by atoms with E-state index in [-0.39, 0.29) is 12.7 Å². The number of alkyl halides is 1. The summed E-state index contributed by atoms with van der Waals surface area (Å²) in [4.78, 5) is 0. The lowest BCUT2D eigenvalue weighted by Gasteiger charge is -2.09. The lowest BCUT2D eigenvalue weighted by atomic mass is 10.4. The molecule has 0 bridgehead atoms. The molecule has 0 rings (SSSR count). The van der Waals surface area contributed by atoms with Gasteiger partial charge < -0.3 is 10.1 Å². The first kappa shape index (κ1) is 8.85. The van der Waals surface area contributed by atoms with E-state index in [0.29, 0.717) is 13.2 Å². The van der Waals surface area contributed by atoms with Crippen LogP contribution in [0.2, 0.25) is 0 Å². The average Bonchev–Trinajstić information content (AvgIpc) is 1.85. The second-order valence-corrected chi connectivity index (χ2v) is 2.00. The van der Waals surface area contributed by atoms with Gasteiger partial charge in [-0.2, -0.15) is 0 Å². The number of nitrogens with one attached hydrogen (secondary N) is 1. The summed E-state index contributed by atoms with van der Waals surface area (Å²) in [7, 11) is 1.63. The number of rotatable bonds is 5. The molecule has 0 amide bonds. The van der Waals surface area contributed by atoms with Crippen LogP contribution in [0.25, 0.3) is 0 Å². The molecule has 0 fully saturated rings. The van der Waals surface area contributed by atoms with Gasteiger partial charge in [-0.15, -0.1) is 0 Å². The summed E-state index contributed by atoms with van der Waals surface area (Å²) in [6.45, 7) is 2.71. The normalized spacial score (nSPS) is 13.7. The van der Waals surface area contributed by atoms with Gasteiger partial charge in [-0.25, -0.2) is 4.39 Å². The van der Waals surface area contributed by atoms with E-state index in [1.807, 2.05) is 6.92 Å². The quantitative estimate of drug-likeness (QED) is 0.595. The fourth-order valence-corrected chi connectivity index (χ4v) is 0.610. The molecule has 9 heavy (non-hydrogen) atoms. The topological polar surface area (TPSA) is 21.3 Å². The van der Waals surface area contributed by atoms with Gasteiger partial charge >= 0.3 is 0 Å². The van der Waals surface area contributed by atoms with Gasteiger partial charge in [0, 0.05) is 19.7 Å². The lowest BCUT2D eigenvalue weighted by Crippen LogP contribution is -2.31. The summed E-state index contributed by atoms with van der Waals surface area (Å²) in [5.74, 6) is 0. The summed E-state index contributed by atoms with van der Waals surface area (Å²) in [5, 5.41) is 2.93. The predicted octanol–water partition coefficient (Wildman–Crippen LogP) is 0.580. The minimum atomic E-state index is -0.311. The van der Waals surface area contributed by atoms with Crippen LogP contribution in [0.1, 0.15) is 6.92 Å². The van der Waals surface area contributed by atoms with Crippen LogP contribution in [0.5, 0.6) is 0 Å². The van der Waals surface area contributed by atoms with Crippen LogP contribution in [-0.2, 0) is 4.74 Å². The molecule has 3 heteroatoms. The summed E-state index contributed by atoms with van der Waals surface area (Å²) in [5.41, 5.74) is 0. The number of halogens is 1. The van der Waals surface area contributed by atoms with E-state index in [1.54, 1.807) is 7.11 Å². The van der Waals surface area contributed by atoms with E-state index >= 15 is 0 Å². The first-order valence-corrected chi connectivity index (χ1v) is 3.09. The van der Waals surface area contributed by atoms with Crippen LogP contribution < -0.4 is 5.32 Å². The van der Waals surface area contributed by atoms with Crippen LogP contribution in [0.3, 0.4) is 0 Å². The molecule has 0 heterocycles. The van der Waals surface area contributed by atoms with Crippen molar-refractivity contribution in [2.75, 3.05) is 26.9 Å². The zero-order valence-electron chi connectivity index (χ0n) is 5.98. The molecule has 0 aromatic heterocycles. The molecule has 0 aliphatic rings. The van der Waals surface area contributed by atoms with Crippen LogP contribution in [0, 0.1) is 0 Å². The lowest BCUT2D eigenvalue weighted by molar-refractivity contribution is 0.171. The predicted molar refractivity (Wildman–Crippen MR) is 35.3 cm³/mol. The maximum Gasteiger partial charge on any atom is 0.102 e. The van der Waals surface area contributed by atoms with Crippen molar-refractivity contribution in [1.29, 1.82) is 0 Å². The Morgan fingerprint density at radius 1 is 1.67 bits per heavy atom. The van der Waals surface area contributed by atoms with Crippen molar-refractivity contribution in [2.24, 2.45) is 0 Å². The van der Waals surface area contributed by atoms with Gasteiger partial charge in [-0.3, -0.25) is 0 Å². The Morgan fingerprint density at radius 3 is 2.78 bits per heavy atom. The van der Waals surface area contributed by atoms with Gasteiger partial charge in [0.05, 0.1) is 6.61 Å². The molecule has 56 valence electrons. The summed E-state index contributed by atoms with van der Waals surface area (Å²) in [6, 6.07) is 0.255. The summed E-state index contributed by atoms with van der Waals surface area (Å²) >= 11 is 0. The first-order valence-electron chi connectivity index (χ1n) is 3.09. The maximum absolute atomic E-state index is 11.5. The van der Waals surface area contributed by atoms with Gasteiger partial charge in [0.2, 0.25) is 0 Å². The Labute approximate surface area is 55.4 Å². The second-order valence-electron chi connectivity index (χ2n) is 2.00. The molecule has 1 atom stereocenters. The van der Waals surface area contributed by atoms with Crippen molar-refractivity contribution in [2.45, 2.75) is 13.0 Å². The minimum absolute atomic E-state index is 0.255. The van der Waals surface area contributed by atoms with E-state index in [0.717, 1.165) is 0 Å². The zero-order chi connectivity index (χ0) is 7.11. The Bertz CT molecular complexity index is 61.0. The van der Waals surface area contributed by atoms with Crippen LogP contribution in [0.15, 0.2) is 0 Å². The van der Waals surface area contributed by atoms with E-state index < -0.39 is 0 Å². The van der Waals surface area contributed by atoms with Gasteiger partial charge in [0.15, 0.2) is 0 Å². The highest BCUT2D eigenvalue weighted by molar-refractivity contribution is 4.56. The van der Waals surface area contributed by atoms with Crippen molar-refractivity contribution in [1.82, 2.24) is 5.32 Å². The van der Waals surface area contributed by atoms with Crippen molar-refractivity contribution >= 4 is 0 Å². The molecule has 0 spiro atoms. The molecule has 1 unspecified atom stereocenters. The number of methoxy groups -OCH3 is 1. The van der Waals surface area contributed by atoms with Crippen molar-refractivity contribution in [3.63, 3.8) is 0 Å². The van der Waals surface area contributed by atoms with Crippen molar-refractivity contribution in [3.8, 4) is 0 Å². The third-order valence-electron chi connectivity index (χ3n) is 1.00. The van der Waals surface area contributed by atoms with Gasteiger partial charge in [0.25, 0.3) is 0 Å². The average molecular weight is 135 g/mol. The smallest absolute Gasteiger partial charge is 0.102 e. The Balaban J connectivity index is 2.95. The molecule has 0 aliphatic heterocycles. The van der Waals surface area contributed by atoms with Crippen molar-refractivity contribution in [3.05, 3.63) is 0 Å². The monoisotopic (exact) mass is 135 g/mol. The third-order valence-corrected chi connectivity index (χ3v) is 1.00. The minimum Gasteiger partial charge on any atom is -0.383 e. The highest BCUT2D eigenvalue weighted by atomic mass is 19.1. The van der Waals surface area contributed by atoms with E-state index in [4.69, 9.17) is 4.74 Å². The largest absolute Gasteiger partial charge is 0.383 e. The van der Waals surface area contributed by atoms with Crippen LogP contribution >= 0.6 is 0 Å². The molecule has 2 nitrogen and oxygen atoms in total. The number of hydrogen-bond acceptors (Lipinski definition) is 2. The molecule has 1 N–H and O–H groups in total. The highest BCUT2D eigenvalue weighted by Gasteiger charge is 1.96. The Morgan fingerprint density at radius 2 is 2.33 bits per heavy atom. The Kier molecular flexibility index (Phi) is 5.88. The van der Waals surface area contributed by atoms with Crippen molar-refractivity contribution < 1.29 is 9.13 Å². The second kappa shape index (κ2) is 5.98. The first-order chi connectivity index (χ1) is 4.31. The summed E-state index contributed by atoms with van der Waals surface area (Å²) in [6.07, 6.45) is 0. The Hall–Kier alpha value is -0.150. The number of hydrogen-bond donors (Lipinski definition) is 1. The number of ether oxygens (including phenoxy) is 1. The van der Waals surface area contributed by atoms with E-state index in [9.17, 15) is 4.39 Å². The highest BCUT2D eigenvalue weighted by Crippen LogP contribution is 1.80. The zero-order valence-corrected chi connectivity index (χ0v) is 5.98. The van der Waals surface area contributed by atoms with Gasteiger partial charge in [-0.1, -0.05) is 0 Å². The SMILES string of the molecule is COCC(C)NCCF. The van der Waals surface area contributed by atoms with Crippen LogP contribution in [0.4, 0.5) is 4.39 Å².